The normalized spacial score (nSPS) is 31.7. The molecule has 3 atom stereocenters. The van der Waals surface area contributed by atoms with E-state index in [-0.39, 0.29) is 18.3 Å². The minimum absolute atomic E-state index is 0.0469. The number of hydrogen-bond donors (Lipinski definition) is 2. The Labute approximate surface area is 113 Å². The van der Waals surface area contributed by atoms with Gasteiger partial charge in [-0.25, -0.2) is 4.79 Å². The maximum absolute atomic E-state index is 11.7. The summed E-state index contributed by atoms with van der Waals surface area (Å²) in [5, 5.41) is 8.87. The second-order valence-corrected chi connectivity index (χ2v) is 4.97. The molecule has 3 N–H and O–H groups in total. The van der Waals surface area contributed by atoms with E-state index in [4.69, 9.17) is 33.7 Å². The number of alkyl halides is 2. The van der Waals surface area contributed by atoms with Gasteiger partial charge < -0.3 is 15.6 Å². The summed E-state index contributed by atoms with van der Waals surface area (Å²) in [5.74, 6) is 0.188. The molecule has 1 saturated heterocycles. The molecule has 100 valence electrons. The van der Waals surface area contributed by atoms with Crippen LogP contribution in [0.5, 0.6) is 0 Å². The number of aromatic nitrogens is 2. The van der Waals surface area contributed by atoms with Crippen molar-refractivity contribution in [1.82, 2.24) is 9.55 Å². The van der Waals surface area contributed by atoms with E-state index in [1.807, 2.05) is 0 Å². The van der Waals surface area contributed by atoms with Crippen LogP contribution in [0.3, 0.4) is 0 Å². The lowest BCUT2D eigenvalue weighted by molar-refractivity contribution is -0.0849. The van der Waals surface area contributed by atoms with Gasteiger partial charge >= 0.3 is 5.69 Å². The van der Waals surface area contributed by atoms with E-state index in [1.165, 1.54) is 16.8 Å². The summed E-state index contributed by atoms with van der Waals surface area (Å²) >= 11 is 11.9. The van der Waals surface area contributed by atoms with E-state index in [1.54, 1.807) is 0 Å². The molecule has 18 heavy (non-hydrogen) atoms. The molecule has 0 radical (unpaired) electrons. The van der Waals surface area contributed by atoms with Crippen molar-refractivity contribution in [3.8, 4) is 0 Å². The number of anilines is 1. The summed E-state index contributed by atoms with van der Waals surface area (Å²) in [6.45, 7) is -0.307. The Kier molecular flexibility index (Phi) is 3.82. The van der Waals surface area contributed by atoms with Gasteiger partial charge in [-0.2, -0.15) is 4.98 Å². The highest BCUT2D eigenvalue weighted by molar-refractivity contribution is 6.24. The molecule has 0 aliphatic carbocycles. The number of nitrogens with two attached hydrogens (primary N) is 1. The summed E-state index contributed by atoms with van der Waals surface area (Å²) < 4.78 is 6.92. The Balaban J connectivity index is 2.30. The minimum atomic E-state index is -1.03. The Morgan fingerprint density at radius 3 is 2.94 bits per heavy atom. The van der Waals surface area contributed by atoms with Gasteiger partial charge in [-0.15, -0.1) is 23.2 Å². The van der Waals surface area contributed by atoms with Crippen LogP contribution in [0.4, 0.5) is 5.82 Å². The van der Waals surface area contributed by atoms with Crippen molar-refractivity contribution in [2.24, 2.45) is 0 Å². The fourth-order valence-electron chi connectivity index (χ4n) is 1.89. The number of hydrogen-bond acceptors (Lipinski definition) is 5. The van der Waals surface area contributed by atoms with Crippen molar-refractivity contribution in [2.45, 2.75) is 23.6 Å². The highest BCUT2D eigenvalue weighted by Gasteiger charge is 2.48. The van der Waals surface area contributed by atoms with Gasteiger partial charge in [0.05, 0.1) is 17.9 Å². The van der Waals surface area contributed by atoms with E-state index >= 15 is 0 Å². The number of halogens is 2. The predicted molar refractivity (Wildman–Crippen MR) is 67.8 cm³/mol. The van der Waals surface area contributed by atoms with Crippen LogP contribution < -0.4 is 11.4 Å². The summed E-state index contributed by atoms with van der Waals surface area (Å²) in [4.78, 5) is 15.3. The third kappa shape index (κ3) is 2.21. The summed E-state index contributed by atoms with van der Waals surface area (Å²) in [6, 6.07) is 1.49. The van der Waals surface area contributed by atoms with Gasteiger partial charge in [0, 0.05) is 12.6 Å². The number of nitrogens with zero attached hydrogens (tertiary/aromatic N) is 2. The van der Waals surface area contributed by atoms with E-state index in [0.29, 0.717) is 6.42 Å². The molecule has 1 aliphatic rings. The molecule has 1 aromatic heterocycles. The molecule has 0 spiro atoms. The number of aliphatic hydroxyl groups is 1. The van der Waals surface area contributed by atoms with Crippen molar-refractivity contribution in [2.75, 3.05) is 18.2 Å². The highest BCUT2D eigenvalue weighted by Crippen LogP contribution is 2.40. The molecule has 0 unspecified atom stereocenters. The molecule has 0 aromatic carbocycles. The first kappa shape index (κ1) is 13.6. The molecule has 1 aliphatic heterocycles. The van der Waals surface area contributed by atoms with Crippen LogP contribution in [0.15, 0.2) is 17.1 Å². The molecule has 1 fully saturated rings. The van der Waals surface area contributed by atoms with Crippen molar-refractivity contribution in [1.29, 1.82) is 0 Å². The zero-order valence-electron chi connectivity index (χ0n) is 9.42. The van der Waals surface area contributed by atoms with Crippen molar-refractivity contribution in [3.63, 3.8) is 0 Å². The number of nitrogen functional groups attached to an aromatic ring is 1. The van der Waals surface area contributed by atoms with Crippen LogP contribution in [0.2, 0.25) is 0 Å². The monoisotopic (exact) mass is 293 g/mol. The molecule has 2 heterocycles. The Morgan fingerprint density at radius 1 is 1.72 bits per heavy atom. The van der Waals surface area contributed by atoms with Crippen LogP contribution >= 0.6 is 23.2 Å². The van der Waals surface area contributed by atoms with Crippen molar-refractivity contribution in [3.05, 3.63) is 22.7 Å². The van der Waals surface area contributed by atoms with Crippen LogP contribution in [0.1, 0.15) is 12.6 Å². The van der Waals surface area contributed by atoms with Crippen LogP contribution in [-0.4, -0.2) is 38.1 Å². The molecule has 0 saturated carbocycles. The summed E-state index contributed by atoms with van der Waals surface area (Å²) in [5.41, 5.74) is 3.85. The van der Waals surface area contributed by atoms with Gasteiger partial charge in [0.25, 0.3) is 0 Å². The molecule has 2 rings (SSSR count). The van der Waals surface area contributed by atoms with Crippen molar-refractivity contribution < 1.29 is 9.84 Å². The lowest BCUT2D eigenvalue weighted by Crippen LogP contribution is -2.42. The van der Waals surface area contributed by atoms with Crippen molar-refractivity contribution >= 4 is 29.0 Å². The fourth-order valence-corrected chi connectivity index (χ4v) is 2.66. The third-order valence-electron chi connectivity index (χ3n) is 3.01. The quantitative estimate of drug-likeness (QED) is 0.784. The minimum Gasteiger partial charge on any atom is -0.393 e. The average molecular weight is 294 g/mol. The first-order valence-electron chi connectivity index (χ1n) is 5.36. The first-order chi connectivity index (χ1) is 8.52. The van der Waals surface area contributed by atoms with Gasteiger partial charge in [0.2, 0.25) is 0 Å². The zero-order chi connectivity index (χ0) is 13.3. The lowest BCUT2D eigenvalue weighted by Gasteiger charge is -2.27. The van der Waals surface area contributed by atoms with E-state index in [2.05, 4.69) is 4.98 Å². The largest absolute Gasteiger partial charge is 0.393 e. The number of ether oxygens (including phenoxy) is 1. The first-order valence-corrected chi connectivity index (χ1v) is 6.33. The van der Waals surface area contributed by atoms with Crippen LogP contribution in [-0.2, 0) is 4.74 Å². The smallest absolute Gasteiger partial charge is 0.351 e. The average Bonchev–Trinajstić information content (AvgIpc) is 2.67. The maximum Gasteiger partial charge on any atom is 0.351 e. The Morgan fingerprint density at radius 2 is 2.44 bits per heavy atom. The Hall–Kier alpha value is -0.820. The molecular weight excluding hydrogens is 281 g/mol. The molecule has 1 aromatic rings. The molecule has 6 nitrogen and oxygen atoms in total. The lowest BCUT2D eigenvalue weighted by atomic mass is 10.0. The second-order valence-electron chi connectivity index (χ2n) is 4.17. The standard InChI is InChI=1S/C10H13Cl2N3O3/c11-4-10(5-16)6(12)3-8(18-10)15-2-1-7(13)14-9(15)17/h1-2,6,8,16H,3-5H2,(H2,13,14,17)/t6-,8+,10+/m0/s1. The predicted octanol–water partition coefficient (Wildman–Crippen LogP) is 0.322. The summed E-state index contributed by atoms with van der Waals surface area (Å²) in [7, 11) is 0. The Bertz CT molecular complexity index is 490. The topological polar surface area (TPSA) is 90.4 Å². The SMILES string of the molecule is Nc1ccn([C@H]2C[C@H](Cl)[C@](CO)(CCl)O2)c(=O)n1. The van der Waals surface area contributed by atoms with Gasteiger partial charge in [-0.1, -0.05) is 0 Å². The van der Waals surface area contributed by atoms with E-state index < -0.39 is 22.9 Å². The number of rotatable bonds is 3. The van der Waals surface area contributed by atoms with E-state index in [0.717, 1.165) is 0 Å². The van der Waals surface area contributed by atoms with Crippen LogP contribution in [0, 0.1) is 0 Å². The third-order valence-corrected chi connectivity index (χ3v) is 4.03. The van der Waals surface area contributed by atoms with Gasteiger partial charge in [0.1, 0.15) is 17.6 Å². The fraction of sp³-hybridized carbons (Fsp3) is 0.600. The zero-order valence-corrected chi connectivity index (χ0v) is 10.9. The maximum atomic E-state index is 11.7. The molecule has 0 bridgehead atoms. The highest BCUT2D eigenvalue weighted by atomic mass is 35.5. The summed E-state index contributed by atoms with van der Waals surface area (Å²) in [6.07, 6.45) is 1.25. The van der Waals surface area contributed by atoms with Gasteiger partial charge in [-0.05, 0) is 6.07 Å². The second kappa shape index (κ2) is 5.05. The van der Waals surface area contributed by atoms with E-state index in [9.17, 15) is 9.90 Å². The van der Waals surface area contributed by atoms with Gasteiger partial charge in [-0.3, -0.25) is 4.57 Å². The molecular formula is C10H13Cl2N3O3. The molecule has 0 amide bonds. The van der Waals surface area contributed by atoms with Gasteiger partial charge in [0.15, 0.2) is 0 Å². The molecule has 8 heteroatoms. The van der Waals surface area contributed by atoms with Crippen LogP contribution in [0.25, 0.3) is 0 Å². The number of aliphatic hydroxyl groups excluding tert-OH is 1.